The van der Waals surface area contributed by atoms with E-state index in [4.69, 9.17) is 9.47 Å². The van der Waals surface area contributed by atoms with Gasteiger partial charge in [0, 0.05) is 0 Å². The van der Waals surface area contributed by atoms with Gasteiger partial charge in [0.15, 0.2) is 11.5 Å². The van der Waals surface area contributed by atoms with Crippen molar-refractivity contribution in [3.63, 3.8) is 0 Å². The summed E-state index contributed by atoms with van der Waals surface area (Å²) in [6.07, 6.45) is 0.709. The van der Waals surface area contributed by atoms with Crippen molar-refractivity contribution in [2.24, 2.45) is 0 Å². The Kier molecular flexibility index (Phi) is 4.63. The summed E-state index contributed by atoms with van der Waals surface area (Å²) in [5, 5.41) is 19.2. The third-order valence-corrected chi connectivity index (χ3v) is 2.01. The van der Waals surface area contributed by atoms with Crippen molar-refractivity contribution in [1.29, 1.82) is 0 Å². The number of phenolic OH excluding ortho intramolecular Hbond substituents is 2. The minimum Gasteiger partial charge on any atom is -0.504 e. The lowest BCUT2D eigenvalue weighted by Crippen LogP contribution is -2.06. The maximum absolute atomic E-state index is 11.5. The van der Waals surface area contributed by atoms with Gasteiger partial charge < -0.3 is 19.7 Å². The molecule has 0 amide bonds. The number of hydrogen-bond acceptors (Lipinski definition) is 5. The zero-order valence-corrected chi connectivity index (χ0v) is 9.90. The zero-order chi connectivity index (χ0) is 12.8. The number of ether oxygens (including phenoxy) is 2. The van der Waals surface area contributed by atoms with Crippen LogP contribution in [-0.2, 0) is 4.74 Å². The molecule has 0 aromatic heterocycles. The first kappa shape index (κ1) is 13.2. The molecule has 0 spiro atoms. The normalized spacial score (nSPS) is 10.0. The highest BCUT2D eigenvalue weighted by Crippen LogP contribution is 2.37. The van der Waals surface area contributed by atoms with Crippen LogP contribution in [0, 0.1) is 0 Å². The lowest BCUT2D eigenvalue weighted by atomic mass is 10.2. The van der Waals surface area contributed by atoms with Gasteiger partial charge >= 0.3 is 5.97 Å². The fraction of sp³-hybridized carbons (Fsp3) is 0.417. The van der Waals surface area contributed by atoms with Crippen LogP contribution >= 0.6 is 0 Å². The van der Waals surface area contributed by atoms with E-state index in [-0.39, 0.29) is 22.8 Å². The van der Waals surface area contributed by atoms with Crippen LogP contribution in [0.25, 0.3) is 0 Å². The summed E-state index contributed by atoms with van der Waals surface area (Å²) >= 11 is 0. The smallest absolute Gasteiger partial charge is 0.338 e. The minimum absolute atomic E-state index is 0.0282. The van der Waals surface area contributed by atoms with E-state index in [0.29, 0.717) is 19.6 Å². The van der Waals surface area contributed by atoms with Gasteiger partial charge in [0.25, 0.3) is 0 Å². The van der Waals surface area contributed by atoms with E-state index in [0.717, 1.165) is 0 Å². The molecule has 1 rings (SSSR count). The van der Waals surface area contributed by atoms with Gasteiger partial charge in [-0.15, -0.1) is 0 Å². The Morgan fingerprint density at radius 3 is 2.29 bits per heavy atom. The number of hydrogen-bond donors (Lipinski definition) is 2. The van der Waals surface area contributed by atoms with Crippen molar-refractivity contribution in [3.05, 3.63) is 17.7 Å². The van der Waals surface area contributed by atoms with Crippen LogP contribution < -0.4 is 4.74 Å². The van der Waals surface area contributed by atoms with Crippen LogP contribution in [-0.4, -0.2) is 29.4 Å². The number of esters is 1. The molecule has 0 atom stereocenters. The molecule has 0 saturated carbocycles. The molecule has 5 heteroatoms. The summed E-state index contributed by atoms with van der Waals surface area (Å²) in [6.45, 7) is 4.21. The first-order chi connectivity index (χ1) is 8.10. The van der Waals surface area contributed by atoms with E-state index < -0.39 is 5.97 Å². The summed E-state index contributed by atoms with van der Waals surface area (Å²) in [5.74, 6) is -1.18. The van der Waals surface area contributed by atoms with E-state index in [2.05, 4.69) is 0 Å². The summed E-state index contributed by atoms with van der Waals surface area (Å²) in [7, 11) is 0. The second-order valence-corrected chi connectivity index (χ2v) is 3.41. The van der Waals surface area contributed by atoms with E-state index >= 15 is 0 Å². The Bertz CT molecular complexity index is 377. The molecule has 17 heavy (non-hydrogen) atoms. The predicted octanol–water partition coefficient (Wildman–Crippen LogP) is 2.06. The SMILES string of the molecule is CCCOC(=O)c1cc(O)c(OCC)c(O)c1. The fourth-order valence-electron chi connectivity index (χ4n) is 1.29. The van der Waals surface area contributed by atoms with Gasteiger partial charge in [-0.25, -0.2) is 4.79 Å². The summed E-state index contributed by atoms with van der Waals surface area (Å²) in [4.78, 5) is 11.5. The molecule has 0 bridgehead atoms. The van der Waals surface area contributed by atoms with Gasteiger partial charge in [0.2, 0.25) is 5.75 Å². The first-order valence-electron chi connectivity index (χ1n) is 5.46. The van der Waals surface area contributed by atoms with Crippen molar-refractivity contribution < 1.29 is 24.5 Å². The number of carbonyl (C=O) groups is 1. The van der Waals surface area contributed by atoms with Crippen LogP contribution in [0.15, 0.2) is 12.1 Å². The molecule has 0 aliphatic heterocycles. The Morgan fingerprint density at radius 1 is 1.24 bits per heavy atom. The lowest BCUT2D eigenvalue weighted by Gasteiger charge is -2.10. The van der Waals surface area contributed by atoms with Gasteiger partial charge in [0.1, 0.15) is 0 Å². The minimum atomic E-state index is -0.583. The van der Waals surface area contributed by atoms with Gasteiger partial charge in [-0.2, -0.15) is 0 Å². The number of aromatic hydroxyl groups is 2. The van der Waals surface area contributed by atoms with Gasteiger partial charge in [0.05, 0.1) is 18.8 Å². The molecule has 1 aromatic carbocycles. The third kappa shape index (κ3) is 3.27. The molecule has 2 N–H and O–H groups in total. The highest BCUT2D eigenvalue weighted by molar-refractivity contribution is 5.91. The van der Waals surface area contributed by atoms with Crippen LogP contribution in [0.5, 0.6) is 17.2 Å². The molecule has 1 aromatic rings. The van der Waals surface area contributed by atoms with E-state index in [1.54, 1.807) is 6.92 Å². The molecule has 0 aliphatic carbocycles. The Labute approximate surface area is 99.6 Å². The van der Waals surface area contributed by atoms with Crippen molar-refractivity contribution in [1.82, 2.24) is 0 Å². The monoisotopic (exact) mass is 240 g/mol. The second kappa shape index (κ2) is 5.98. The lowest BCUT2D eigenvalue weighted by molar-refractivity contribution is 0.0504. The molecule has 94 valence electrons. The second-order valence-electron chi connectivity index (χ2n) is 3.41. The Morgan fingerprint density at radius 2 is 1.82 bits per heavy atom. The standard InChI is InChI=1S/C12H16O5/c1-3-5-17-12(15)8-6-9(13)11(16-4-2)10(14)7-8/h6-7,13-14H,3-5H2,1-2H3. The van der Waals surface area contributed by atoms with Crippen LogP contribution in [0.3, 0.4) is 0 Å². The van der Waals surface area contributed by atoms with Crippen LogP contribution in [0.2, 0.25) is 0 Å². The van der Waals surface area contributed by atoms with Crippen molar-refractivity contribution >= 4 is 5.97 Å². The summed E-state index contributed by atoms with van der Waals surface area (Å²) < 4.78 is 9.92. The van der Waals surface area contributed by atoms with Gasteiger partial charge in [-0.3, -0.25) is 0 Å². The van der Waals surface area contributed by atoms with E-state index in [1.807, 2.05) is 6.92 Å². The highest BCUT2D eigenvalue weighted by atomic mass is 16.5. The van der Waals surface area contributed by atoms with E-state index in [9.17, 15) is 15.0 Å². The molecule has 0 unspecified atom stereocenters. The quantitative estimate of drug-likeness (QED) is 0.770. The Hall–Kier alpha value is -1.91. The first-order valence-corrected chi connectivity index (χ1v) is 5.46. The molecule has 0 fully saturated rings. The van der Waals surface area contributed by atoms with Gasteiger partial charge in [-0.05, 0) is 25.5 Å². The van der Waals surface area contributed by atoms with Crippen LogP contribution in [0.1, 0.15) is 30.6 Å². The largest absolute Gasteiger partial charge is 0.504 e. The summed E-state index contributed by atoms with van der Waals surface area (Å²) in [6, 6.07) is 2.42. The number of phenols is 2. The number of carbonyl (C=O) groups excluding carboxylic acids is 1. The highest BCUT2D eigenvalue weighted by Gasteiger charge is 2.15. The summed E-state index contributed by atoms with van der Waals surface area (Å²) in [5.41, 5.74) is 0.0944. The maximum atomic E-state index is 11.5. The van der Waals surface area contributed by atoms with E-state index in [1.165, 1.54) is 12.1 Å². The molecule has 0 saturated heterocycles. The molecule has 0 heterocycles. The number of benzene rings is 1. The topological polar surface area (TPSA) is 76.0 Å². The van der Waals surface area contributed by atoms with Crippen molar-refractivity contribution in [3.8, 4) is 17.2 Å². The third-order valence-electron chi connectivity index (χ3n) is 2.01. The molecule has 0 aliphatic rings. The molecular formula is C12H16O5. The average molecular weight is 240 g/mol. The molecule has 0 radical (unpaired) electrons. The van der Waals surface area contributed by atoms with Crippen molar-refractivity contribution in [2.75, 3.05) is 13.2 Å². The molecule has 5 nitrogen and oxygen atoms in total. The Balaban J connectivity index is 2.93. The maximum Gasteiger partial charge on any atom is 0.338 e. The average Bonchev–Trinajstić information content (AvgIpc) is 2.30. The predicted molar refractivity (Wildman–Crippen MR) is 61.5 cm³/mol. The number of rotatable bonds is 5. The van der Waals surface area contributed by atoms with Gasteiger partial charge in [-0.1, -0.05) is 6.92 Å². The van der Waals surface area contributed by atoms with Crippen LogP contribution in [0.4, 0.5) is 0 Å². The fourth-order valence-corrected chi connectivity index (χ4v) is 1.29. The molecular weight excluding hydrogens is 224 g/mol. The zero-order valence-electron chi connectivity index (χ0n) is 9.90. The van der Waals surface area contributed by atoms with Crippen molar-refractivity contribution in [2.45, 2.75) is 20.3 Å².